The van der Waals surface area contributed by atoms with Gasteiger partial charge in [-0.2, -0.15) is 0 Å². The molecular weight excluding hydrogens is 556 g/mol. The minimum atomic E-state index is -0.160. The summed E-state index contributed by atoms with van der Waals surface area (Å²) in [6, 6.07) is 10.7. The maximum atomic E-state index is 13.3. The number of furan rings is 1. The van der Waals surface area contributed by atoms with Gasteiger partial charge in [-0.1, -0.05) is 11.6 Å². The van der Waals surface area contributed by atoms with Gasteiger partial charge in [-0.3, -0.25) is 4.79 Å². The van der Waals surface area contributed by atoms with Gasteiger partial charge in [-0.05, 0) is 89.3 Å². The highest BCUT2D eigenvalue weighted by atomic mass is 79.9. The molecule has 1 N–H and O–H groups in total. The predicted molar refractivity (Wildman–Crippen MR) is 140 cm³/mol. The van der Waals surface area contributed by atoms with Crippen molar-refractivity contribution in [3.63, 3.8) is 0 Å². The van der Waals surface area contributed by atoms with Gasteiger partial charge in [0.25, 0.3) is 5.91 Å². The fourth-order valence-corrected chi connectivity index (χ4v) is 6.24. The van der Waals surface area contributed by atoms with Gasteiger partial charge in [0.15, 0.2) is 10.2 Å². The molecule has 0 bridgehead atoms. The Balaban J connectivity index is 1.41. The maximum absolute atomic E-state index is 13.3. The SMILES string of the molecule is O=C(Nc1ccc(Cl)cc1)c1c(N=Cc2cc(Br)c(Sc3ncccn3)o2)sc2c1CCCC2. The Kier molecular flexibility index (Phi) is 7.15. The van der Waals surface area contributed by atoms with E-state index in [1.807, 2.05) is 6.07 Å². The first-order valence-corrected chi connectivity index (χ1v) is 13.4. The van der Waals surface area contributed by atoms with Crippen molar-refractivity contribution >= 4 is 73.4 Å². The van der Waals surface area contributed by atoms with Crippen LogP contribution in [0.5, 0.6) is 0 Å². The molecule has 10 heteroatoms. The molecule has 1 aliphatic rings. The molecule has 0 atom stereocenters. The van der Waals surface area contributed by atoms with Crippen LogP contribution in [0, 0.1) is 0 Å². The second-order valence-electron chi connectivity index (χ2n) is 7.53. The summed E-state index contributed by atoms with van der Waals surface area (Å²) in [6.07, 6.45) is 9.07. The zero-order valence-electron chi connectivity index (χ0n) is 17.8. The number of carbonyl (C=O) groups is 1. The van der Waals surface area contributed by atoms with Crippen LogP contribution in [0.15, 0.2) is 72.9 Å². The van der Waals surface area contributed by atoms with Crippen molar-refractivity contribution in [1.29, 1.82) is 0 Å². The molecule has 4 aromatic rings. The van der Waals surface area contributed by atoms with Gasteiger partial charge >= 0.3 is 0 Å². The topological polar surface area (TPSA) is 80.4 Å². The molecule has 0 unspecified atom stereocenters. The van der Waals surface area contributed by atoms with Gasteiger partial charge in [0.05, 0.1) is 16.3 Å². The van der Waals surface area contributed by atoms with Crippen molar-refractivity contribution in [2.24, 2.45) is 4.99 Å². The molecule has 0 aliphatic heterocycles. The Morgan fingerprint density at radius 2 is 1.97 bits per heavy atom. The first-order valence-electron chi connectivity index (χ1n) is 10.6. The fraction of sp³-hybridized carbons (Fsp3) is 0.167. The highest BCUT2D eigenvalue weighted by molar-refractivity contribution is 9.10. The van der Waals surface area contributed by atoms with E-state index in [0.29, 0.717) is 37.3 Å². The van der Waals surface area contributed by atoms with Crippen molar-refractivity contribution < 1.29 is 9.21 Å². The lowest BCUT2D eigenvalue weighted by Crippen LogP contribution is -2.14. The average molecular weight is 574 g/mol. The summed E-state index contributed by atoms with van der Waals surface area (Å²) in [4.78, 5) is 27.6. The van der Waals surface area contributed by atoms with Crippen LogP contribution < -0.4 is 5.32 Å². The van der Waals surface area contributed by atoms with Crippen molar-refractivity contribution in [1.82, 2.24) is 9.97 Å². The number of thiophene rings is 1. The van der Waals surface area contributed by atoms with Crippen LogP contribution in [-0.2, 0) is 12.8 Å². The van der Waals surface area contributed by atoms with Gasteiger partial charge in [0.1, 0.15) is 10.8 Å². The second kappa shape index (κ2) is 10.4. The number of rotatable bonds is 6. The molecule has 0 spiro atoms. The van der Waals surface area contributed by atoms with Crippen molar-refractivity contribution in [3.05, 3.63) is 80.1 Å². The summed E-state index contributed by atoms with van der Waals surface area (Å²) >= 11 is 12.4. The zero-order valence-corrected chi connectivity index (χ0v) is 21.7. The Bertz CT molecular complexity index is 1350. The number of benzene rings is 1. The monoisotopic (exact) mass is 572 g/mol. The summed E-state index contributed by atoms with van der Waals surface area (Å²) in [5, 5.41) is 5.53. The maximum Gasteiger partial charge on any atom is 0.259 e. The summed E-state index contributed by atoms with van der Waals surface area (Å²) in [5.41, 5.74) is 2.44. The molecule has 34 heavy (non-hydrogen) atoms. The Hall–Kier alpha value is -2.46. The van der Waals surface area contributed by atoms with Crippen molar-refractivity contribution in [2.75, 3.05) is 5.32 Å². The van der Waals surface area contributed by atoms with E-state index in [0.717, 1.165) is 35.7 Å². The highest BCUT2D eigenvalue weighted by Gasteiger charge is 2.25. The van der Waals surface area contributed by atoms with E-state index in [1.54, 1.807) is 60.3 Å². The molecule has 1 amide bonds. The van der Waals surface area contributed by atoms with Crippen LogP contribution in [0.25, 0.3) is 0 Å². The number of halogens is 2. The number of nitrogens with zero attached hydrogens (tertiary/aromatic N) is 3. The van der Waals surface area contributed by atoms with Gasteiger partial charge in [-0.15, -0.1) is 11.3 Å². The smallest absolute Gasteiger partial charge is 0.259 e. The number of fused-ring (bicyclic) bond motifs is 1. The van der Waals surface area contributed by atoms with Crippen LogP contribution in [-0.4, -0.2) is 22.1 Å². The highest BCUT2D eigenvalue weighted by Crippen LogP contribution is 2.40. The van der Waals surface area contributed by atoms with Gasteiger partial charge in [0.2, 0.25) is 0 Å². The number of aryl methyl sites for hydroxylation is 1. The Morgan fingerprint density at radius 1 is 1.21 bits per heavy atom. The zero-order chi connectivity index (χ0) is 23.5. The van der Waals surface area contributed by atoms with E-state index in [4.69, 9.17) is 16.0 Å². The molecular formula is C24H18BrClN4O2S2. The first kappa shape index (κ1) is 23.3. The number of hydrogen-bond donors (Lipinski definition) is 1. The fourth-order valence-electron chi connectivity index (χ4n) is 3.65. The molecule has 0 radical (unpaired) electrons. The number of aromatic nitrogens is 2. The lowest BCUT2D eigenvalue weighted by atomic mass is 9.95. The Morgan fingerprint density at radius 3 is 2.76 bits per heavy atom. The molecule has 0 saturated carbocycles. The van der Waals surface area contributed by atoms with E-state index in [1.165, 1.54) is 16.6 Å². The molecule has 1 aromatic carbocycles. The van der Waals surface area contributed by atoms with Gasteiger partial charge in [0, 0.05) is 34.0 Å². The number of hydrogen-bond acceptors (Lipinski definition) is 7. The third-order valence-electron chi connectivity index (χ3n) is 5.19. The number of anilines is 1. The van der Waals surface area contributed by atoms with Crippen molar-refractivity contribution in [2.45, 2.75) is 35.9 Å². The van der Waals surface area contributed by atoms with Crippen LogP contribution in [0.4, 0.5) is 10.7 Å². The molecule has 3 heterocycles. The predicted octanol–water partition coefficient (Wildman–Crippen LogP) is 7.58. The standard InChI is InChI=1S/C24H18BrClN4O2S2/c25-18-12-16(32-23(18)34-24-27-10-3-11-28-24)13-29-22-20(17-4-1-2-5-19(17)33-22)21(31)30-15-8-6-14(26)7-9-15/h3,6-13H,1-2,4-5H2,(H,30,31). The third kappa shape index (κ3) is 5.27. The number of amides is 1. The average Bonchev–Trinajstić information content (AvgIpc) is 3.39. The molecule has 3 aromatic heterocycles. The summed E-state index contributed by atoms with van der Waals surface area (Å²) < 4.78 is 6.72. The van der Waals surface area contributed by atoms with E-state index in [-0.39, 0.29) is 5.91 Å². The minimum Gasteiger partial charge on any atom is -0.447 e. The summed E-state index contributed by atoms with van der Waals surface area (Å²) in [7, 11) is 0. The molecule has 0 fully saturated rings. The lowest BCUT2D eigenvalue weighted by Gasteiger charge is -2.12. The van der Waals surface area contributed by atoms with E-state index >= 15 is 0 Å². The van der Waals surface area contributed by atoms with Crippen LogP contribution in [0.2, 0.25) is 5.02 Å². The minimum absolute atomic E-state index is 0.160. The third-order valence-corrected chi connectivity index (χ3v) is 8.38. The Labute approximate surface area is 218 Å². The van der Waals surface area contributed by atoms with Crippen molar-refractivity contribution in [3.8, 4) is 0 Å². The van der Waals surface area contributed by atoms with Gasteiger partial charge < -0.3 is 9.73 Å². The molecule has 1 aliphatic carbocycles. The molecule has 6 nitrogen and oxygen atoms in total. The van der Waals surface area contributed by atoms with E-state index in [9.17, 15) is 4.79 Å². The number of carbonyl (C=O) groups excluding carboxylic acids is 1. The molecule has 0 saturated heterocycles. The second-order valence-corrected chi connectivity index (χ2v) is 10.8. The number of aliphatic imine (C=N–C) groups is 1. The first-order chi connectivity index (χ1) is 16.6. The van der Waals surface area contributed by atoms with Crippen LogP contribution >= 0.6 is 50.6 Å². The summed E-state index contributed by atoms with van der Waals surface area (Å²) in [6.45, 7) is 0. The van der Waals surface area contributed by atoms with Gasteiger partial charge in [-0.25, -0.2) is 15.0 Å². The quantitative estimate of drug-likeness (QED) is 0.190. The lowest BCUT2D eigenvalue weighted by molar-refractivity contribution is 0.102. The van der Waals surface area contributed by atoms with Crippen LogP contribution in [0.3, 0.4) is 0 Å². The van der Waals surface area contributed by atoms with Crippen LogP contribution in [0.1, 0.15) is 39.4 Å². The van der Waals surface area contributed by atoms with E-state index < -0.39 is 0 Å². The molecule has 172 valence electrons. The van der Waals surface area contributed by atoms with E-state index in [2.05, 4.69) is 36.2 Å². The number of nitrogens with one attached hydrogen (secondary N) is 1. The molecule has 5 rings (SSSR count). The largest absolute Gasteiger partial charge is 0.447 e. The summed E-state index contributed by atoms with van der Waals surface area (Å²) in [5.74, 6) is 0.410. The normalized spacial score (nSPS) is 13.2.